The summed E-state index contributed by atoms with van der Waals surface area (Å²) >= 11 is 0. The van der Waals surface area contributed by atoms with Crippen molar-refractivity contribution in [1.29, 1.82) is 0 Å². The first-order valence-electron chi connectivity index (χ1n) is 8.06. The molecule has 0 saturated heterocycles. The van der Waals surface area contributed by atoms with E-state index < -0.39 is 5.97 Å². The van der Waals surface area contributed by atoms with Crippen LogP contribution in [0.5, 0.6) is 0 Å². The van der Waals surface area contributed by atoms with Gasteiger partial charge in [-0.25, -0.2) is 4.79 Å². The molecule has 0 unspecified atom stereocenters. The van der Waals surface area contributed by atoms with Gasteiger partial charge in [-0.1, -0.05) is 25.1 Å². The molecule has 1 aliphatic heterocycles. The number of hydrazone groups is 1. The maximum absolute atomic E-state index is 11.8. The molecule has 3 rings (SSSR count). The first-order chi connectivity index (χ1) is 12.0. The Labute approximate surface area is 145 Å². The van der Waals surface area contributed by atoms with E-state index in [0.717, 1.165) is 22.5 Å². The number of carboxylic acids is 1. The predicted octanol–water partition coefficient (Wildman–Crippen LogP) is 3.13. The maximum Gasteiger partial charge on any atom is 0.337 e. The highest BCUT2D eigenvalue weighted by atomic mass is 16.4. The van der Waals surface area contributed by atoms with Crippen molar-refractivity contribution in [1.82, 2.24) is 0 Å². The second-order valence-corrected chi connectivity index (χ2v) is 5.85. The molecular weight excluding hydrogens is 318 g/mol. The lowest BCUT2D eigenvalue weighted by Gasteiger charge is -2.12. The average molecular weight is 337 g/mol. The van der Waals surface area contributed by atoms with Crippen molar-refractivity contribution in [3.05, 3.63) is 59.2 Å². The molecule has 0 aliphatic carbocycles. The molecule has 6 heteroatoms. The van der Waals surface area contributed by atoms with Crippen molar-refractivity contribution in [2.24, 2.45) is 5.10 Å². The Morgan fingerprint density at radius 2 is 2.04 bits per heavy atom. The SMILES string of the molecule is CC/C(=N/Nc1ccccc1C(=O)O)c1ccc2c(c1)CC(=O)N2C. The summed E-state index contributed by atoms with van der Waals surface area (Å²) in [6.45, 7) is 1.98. The summed E-state index contributed by atoms with van der Waals surface area (Å²) in [4.78, 5) is 24.7. The van der Waals surface area contributed by atoms with Gasteiger partial charge in [0, 0.05) is 12.7 Å². The van der Waals surface area contributed by atoms with Gasteiger partial charge in [0.15, 0.2) is 0 Å². The normalized spacial score (nSPS) is 13.8. The van der Waals surface area contributed by atoms with E-state index in [0.29, 0.717) is 18.5 Å². The van der Waals surface area contributed by atoms with Gasteiger partial charge in [0.05, 0.1) is 23.4 Å². The van der Waals surface area contributed by atoms with Crippen LogP contribution in [0.15, 0.2) is 47.6 Å². The van der Waals surface area contributed by atoms with E-state index in [1.54, 1.807) is 30.1 Å². The van der Waals surface area contributed by atoms with E-state index >= 15 is 0 Å². The number of likely N-dealkylation sites (N-methyl/N-ethyl adjacent to an activating group) is 1. The Morgan fingerprint density at radius 3 is 2.76 bits per heavy atom. The van der Waals surface area contributed by atoms with Crippen molar-refractivity contribution in [2.45, 2.75) is 19.8 Å². The van der Waals surface area contributed by atoms with Gasteiger partial charge in [-0.15, -0.1) is 0 Å². The molecule has 0 bridgehead atoms. The van der Waals surface area contributed by atoms with Gasteiger partial charge in [0.2, 0.25) is 5.91 Å². The molecule has 2 N–H and O–H groups in total. The lowest BCUT2D eigenvalue weighted by atomic mass is 10.0. The van der Waals surface area contributed by atoms with Crippen molar-refractivity contribution in [3.63, 3.8) is 0 Å². The van der Waals surface area contributed by atoms with Crippen LogP contribution in [0.25, 0.3) is 0 Å². The number of fused-ring (bicyclic) bond motifs is 1. The quantitative estimate of drug-likeness (QED) is 0.649. The van der Waals surface area contributed by atoms with Crippen LogP contribution in [0.1, 0.15) is 34.8 Å². The summed E-state index contributed by atoms with van der Waals surface area (Å²) < 4.78 is 0. The van der Waals surface area contributed by atoms with Crippen LogP contribution in [-0.4, -0.2) is 29.7 Å². The van der Waals surface area contributed by atoms with Gasteiger partial charge in [0.1, 0.15) is 0 Å². The van der Waals surface area contributed by atoms with Crippen LogP contribution in [0.2, 0.25) is 0 Å². The lowest BCUT2D eigenvalue weighted by Crippen LogP contribution is -2.20. The summed E-state index contributed by atoms with van der Waals surface area (Å²) in [7, 11) is 1.77. The molecule has 0 fully saturated rings. The summed E-state index contributed by atoms with van der Waals surface area (Å²) in [5.41, 5.74) is 7.10. The zero-order chi connectivity index (χ0) is 18.0. The fourth-order valence-electron chi connectivity index (χ4n) is 2.89. The minimum atomic E-state index is -1.00. The number of amides is 1. The molecule has 128 valence electrons. The highest BCUT2D eigenvalue weighted by molar-refractivity contribution is 6.05. The smallest absolute Gasteiger partial charge is 0.337 e. The number of carboxylic acid groups (broad SMARTS) is 1. The molecular formula is C19H19N3O3. The Kier molecular flexibility index (Phi) is 4.52. The molecule has 2 aromatic rings. The fourth-order valence-corrected chi connectivity index (χ4v) is 2.89. The number of nitrogens with one attached hydrogen (secondary N) is 1. The molecule has 25 heavy (non-hydrogen) atoms. The highest BCUT2D eigenvalue weighted by Crippen LogP contribution is 2.28. The standard InChI is InChI=1S/C19H19N3O3/c1-3-15(20-21-16-7-5-4-6-14(16)19(24)25)12-8-9-17-13(10-12)11-18(23)22(17)2/h4-10,21H,3,11H2,1-2H3,(H,24,25)/b20-15-. The number of rotatable bonds is 5. The van der Waals surface area contributed by atoms with Gasteiger partial charge in [0.25, 0.3) is 0 Å². The third-order valence-corrected chi connectivity index (χ3v) is 4.29. The van der Waals surface area contributed by atoms with Gasteiger partial charge >= 0.3 is 5.97 Å². The Bertz CT molecular complexity index is 874. The summed E-state index contributed by atoms with van der Waals surface area (Å²) in [6, 6.07) is 12.5. The first-order valence-corrected chi connectivity index (χ1v) is 8.06. The van der Waals surface area contributed by atoms with Crippen molar-refractivity contribution >= 4 is 29.0 Å². The molecule has 0 radical (unpaired) electrons. The summed E-state index contributed by atoms with van der Waals surface area (Å²) in [6.07, 6.45) is 1.07. The lowest BCUT2D eigenvalue weighted by molar-refractivity contribution is -0.117. The number of anilines is 2. The number of hydrogen-bond acceptors (Lipinski definition) is 4. The average Bonchev–Trinajstić information content (AvgIpc) is 2.89. The number of benzene rings is 2. The predicted molar refractivity (Wildman–Crippen MR) is 97.4 cm³/mol. The fraction of sp³-hybridized carbons (Fsp3) is 0.211. The monoisotopic (exact) mass is 337 g/mol. The Balaban J connectivity index is 1.89. The largest absolute Gasteiger partial charge is 0.478 e. The number of para-hydroxylation sites is 1. The number of carbonyl (C=O) groups is 2. The highest BCUT2D eigenvalue weighted by Gasteiger charge is 2.24. The number of aromatic carboxylic acids is 1. The Hall–Kier alpha value is -3.15. The number of hydrogen-bond donors (Lipinski definition) is 2. The van der Waals surface area contributed by atoms with Crippen LogP contribution in [0.4, 0.5) is 11.4 Å². The zero-order valence-corrected chi connectivity index (χ0v) is 14.1. The van der Waals surface area contributed by atoms with Crippen LogP contribution in [0, 0.1) is 0 Å². The second-order valence-electron chi connectivity index (χ2n) is 5.85. The molecule has 0 spiro atoms. The van der Waals surface area contributed by atoms with E-state index in [-0.39, 0.29) is 11.5 Å². The van der Waals surface area contributed by atoms with Crippen molar-refractivity contribution in [3.8, 4) is 0 Å². The molecule has 0 aromatic heterocycles. The molecule has 0 atom stereocenters. The molecule has 1 aliphatic rings. The Morgan fingerprint density at radius 1 is 1.28 bits per heavy atom. The molecule has 2 aromatic carbocycles. The van der Waals surface area contributed by atoms with E-state index in [4.69, 9.17) is 0 Å². The van der Waals surface area contributed by atoms with Crippen LogP contribution >= 0.6 is 0 Å². The number of carbonyl (C=O) groups excluding carboxylic acids is 1. The van der Waals surface area contributed by atoms with E-state index in [2.05, 4.69) is 10.5 Å². The third kappa shape index (κ3) is 3.24. The minimum Gasteiger partial charge on any atom is -0.478 e. The zero-order valence-electron chi connectivity index (χ0n) is 14.1. The molecule has 6 nitrogen and oxygen atoms in total. The number of nitrogens with zero attached hydrogens (tertiary/aromatic N) is 2. The van der Waals surface area contributed by atoms with Gasteiger partial charge in [-0.05, 0) is 41.8 Å². The third-order valence-electron chi connectivity index (χ3n) is 4.29. The molecule has 0 saturated carbocycles. The van der Waals surface area contributed by atoms with Crippen LogP contribution < -0.4 is 10.3 Å². The van der Waals surface area contributed by atoms with E-state index in [9.17, 15) is 14.7 Å². The topological polar surface area (TPSA) is 82.0 Å². The second kappa shape index (κ2) is 6.76. The van der Waals surface area contributed by atoms with Crippen molar-refractivity contribution in [2.75, 3.05) is 17.4 Å². The summed E-state index contributed by atoms with van der Waals surface area (Å²) in [5, 5.41) is 13.6. The van der Waals surface area contributed by atoms with Crippen LogP contribution in [-0.2, 0) is 11.2 Å². The van der Waals surface area contributed by atoms with Gasteiger partial charge in [-0.3, -0.25) is 10.2 Å². The van der Waals surface area contributed by atoms with E-state index in [1.807, 2.05) is 25.1 Å². The maximum atomic E-state index is 11.8. The molecule has 1 heterocycles. The van der Waals surface area contributed by atoms with Crippen LogP contribution in [0.3, 0.4) is 0 Å². The van der Waals surface area contributed by atoms with Gasteiger partial charge in [-0.2, -0.15) is 5.10 Å². The first kappa shape index (κ1) is 16.7. The minimum absolute atomic E-state index is 0.0793. The van der Waals surface area contributed by atoms with Crippen molar-refractivity contribution < 1.29 is 14.7 Å². The van der Waals surface area contributed by atoms with Gasteiger partial charge < -0.3 is 10.0 Å². The summed E-state index contributed by atoms with van der Waals surface area (Å²) in [5.74, 6) is -0.925. The molecule has 1 amide bonds. The van der Waals surface area contributed by atoms with E-state index in [1.165, 1.54) is 6.07 Å².